The number of H-pyrrole nitrogens is 1. The van der Waals surface area contributed by atoms with E-state index in [9.17, 15) is 9.59 Å². The van der Waals surface area contributed by atoms with E-state index in [1.165, 1.54) is 0 Å². The van der Waals surface area contributed by atoms with Crippen LogP contribution in [0, 0.1) is 0 Å². The van der Waals surface area contributed by atoms with E-state index in [4.69, 9.17) is 4.74 Å². The van der Waals surface area contributed by atoms with Crippen LogP contribution in [-0.2, 0) is 4.79 Å². The van der Waals surface area contributed by atoms with E-state index in [1.54, 1.807) is 18.2 Å². The summed E-state index contributed by atoms with van der Waals surface area (Å²) in [4.78, 5) is 23.8. The zero-order valence-corrected chi connectivity index (χ0v) is 11.9. The zero-order chi connectivity index (χ0) is 15.8. The van der Waals surface area contributed by atoms with Crippen molar-refractivity contribution < 1.29 is 14.3 Å². The topological polar surface area (TPSA) is 96.1 Å². The third-order valence-electron chi connectivity index (χ3n) is 3.56. The molecule has 1 aliphatic rings. The SMILES string of the molecule is O=C1COc2ccc(NC(=O)c3n[nH]c4ccccc34)cc2N1. The molecule has 0 bridgehead atoms. The molecular weight excluding hydrogens is 296 g/mol. The lowest BCUT2D eigenvalue weighted by molar-refractivity contribution is -0.118. The highest BCUT2D eigenvalue weighted by molar-refractivity contribution is 6.11. The molecule has 0 atom stereocenters. The van der Waals surface area contributed by atoms with Crippen LogP contribution < -0.4 is 15.4 Å². The van der Waals surface area contributed by atoms with Crippen molar-refractivity contribution in [2.45, 2.75) is 0 Å². The molecule has 0 saturated heterocycles. The minimum absolute atomic E-state index is 0.00202. The Morgan fingerprint density at radius 2 is 2.09 bits per heavy atom. The molecule has 1 aliphatic heterocycles. The van der Waals surface area contributed by atoms with Gasteiger partial charge in [0.1, 0.15) is 5.75 Å². The van der Waals surface area contributed by atoms with Gasteiger partial charge in [-0.05, 0) is 24.3 Å². The van der Waals surface area contributed by atoms with Gasteiger partial charge in [-0.2, -0.15) is 5.10 Å². The van der Waals surface area contributed by atoms with Gasteiger partial charge in [0.15, 0.2) is 12.3 Å². The van der Waals surface area contributed by atoms with Crippen molar-refractivity contribution in [2.24, 2.45) is 0 Å². The van der Waals surface area contributed by atoms with E-state index >= 15 is 0 Å². The first-order valence-electron chi connectivity index (χ1n) is 7.02. The summed E-state index contributed by atoms with van der Waals surface area (Å²) in [5.41, 5.74) is 2.19. The highest BCUT2D eigenvalue weighted by Gasteiger charge is 2.18. The van der Waals surface area contributed by atoms with Crippen molar-refractivity contribution in [3.8, 4) is 5.75 Å². The summed E-state index contributed by atoms with van der Waals surface area (Å²) >= 11 is 0. The Hall–Kier alpha value is -3.35. The number of anilines is 2. The number of hydrogen-bond donors (Lipinski definition) is 3. The summed E-state index contributed by atoms with van der Waals surface area (Å²) in [6.45, 7) is -0.00202. The van der Waals surface area contributed by atoms with Gasteiger partial charge in [0.2, 0.25) is 0 Å². The number of para-hydroxylation sites is 1. The Balaban J connectivity index is 1.62. The van der Waals surface area contributed by atoms with Crippen molar-refractivity contribution in [2.75, 3.05) is 17.2 Å². The summed E-state index contributed by atoms with van der Waals surface area (Å²) in [6, 6.07) is 12.5. The van der Waals surface area contributed by atoms with Crippen LogP contribution in [0.2, 0.25) is 0 Å². The van der Waals surface area contributed by atoms with Gasteiger partial charge in [-0.3, -0.25) is 14.7 Å². The molecule has 1 aromatic heterocycles. The normalized spacial score (nSPS) is 13.1. The summed E-state index contributed by atoms with van der Waals surface area (Å²) in [7, 11) is 0. The molecule has 2 aromatic carbocycles. The molecule has 0 aliphatic carbocycles. The second-order valence-corrected chi connectivity index (χ2v) is 5.12. The molecule has 0 radical (unpaired) electrons. The molecule has 3 aromatic rings. The van der Waals surface area contributed by atoms with Crippen LogP contribution >= 0.6 is 0 Å². The van der Waals surface area contributed by atoms with Crippen molar-refractivity contribution in [1.82, 2.24) is 10.2 Å². The molecule has 0 unspecified atom stereocenters. The number of aromatic nitrogens is 2. The van der Waals surface area contributed by atoms with Crippen LogP contribution in [-0.4, -0.2) is 28.6 Å². The average molecular weight is 308 g/mol. The second-order valence-electron chi connectivity index (χ2n) is 5.12. The number of hydrogen-bond acceptors (Lipinski definition) is 4. The summed E-state index contributed by atoms with van der Waals surface area (Å²) in [6.07, 6.45) is 0. The van der Waals surface area contributed by atoms with E-state index in [0.29, 0.717) is 22.8 Å². The fourth-order valence-corrected chi connectivity index (χ4v) is 2.49. The molecule has 114 valence electrons. The Labute approximate surface area is 130 Å². The fourth-order valence-electron chi connectivity index (χ4n) is 2.49. The summed E-state index contributed by atoms with van der Waals surface area (Å²) in [5.74, 6) is 0.0255. The number of carbonyl (C=O) groups is 2. The van der Waals surface area contributed by atoms with Gasteiger partial charge in [0.05, 0.1) is 11.2 Å². The standard InChI is InChI=1S/C16H12N4O3/c21-14-8-23-13-6-5-9(7-12(13)18-14)17-16(22)15-10-3-1-2-4-11(10)19-20-15/h1-7H,8H2,(H,17,22)(H,18,21)(H,19,20). The number of ether oxygens (including phenoxy) is 1. The molecule has 2 amide bonds. The van der Waals surface area contributed by atoms with Gasteiger partial charge in [-0.15, -0.1) is 0 Å². The zero-order valence-electron chi connectivity index (χ0n) is 11.9. The summed E-state index contributed by atoms with van der Waals surface area (Å²) in [5, 5.41) is 13.1. The number of fused-ring (bicyclic) bond motifs is 2. The molecule has 2 heterocycles. The predicted molar refractivity (Wildman–Crippen MR) is 84.6 cm³/mol. The Morgan fingerprint density at radius 1 is 1.22 bits per heavy atom. The van der Waals surface area contributed by atoms with E-state index in [2.05, 4.69) is 20.8 Å². The van der Waals surface area contributed by atoms with Gasteiger partial charge in [-0.25, -0.2) is 0 Å². The van der Waals surface area contributed by atoms with Crippen molar-refractivity contribution in [3.05, 3.63) is 48.2 Å². The first-order valence-corrected chi connectivity index (χ1v) is 7.02. The smallest absolute Gasteiger partial charge is 0.276 e. The van der Waals surface area contributed by atoms with Crippen LogP contribution in [0.4, 0.5) is 11.4 Å². The molecule has 4 rings (SSSR count). The molecule has 0 spiro atoms. The van der Waals surface area contributed by atoms with Crippen LogP contribution in [0.3, 0.4) is 0 Å². The average Bonchev–Trinajstić information content (AvgIpc) is 2.98. The lowest BCUT2D eigenvalue weighted by Crippen LogP contribution is -2.25. The molecule has 7 nitrogen and oxygen atoms in total. The number of nitrogens with zero attached hydrogens (tertiary/aromatic N) is 1. The van der Waals surface area contributed by atoms with Gasteiger partial charge in [0.25, 0.3) is 11.8 Å². The van der Waals surface area contributed by atoms with Crippen LogP contribution in [0.1, 0.15) is 10.5 Å². The number of rotatable bonds is 2. The van der Waals surface area contributed by atoms with Gasteiger partial charge in [-0.1, -0.05) is 18.2 Å². The maximum absolute atomic E-state index is 12.4. The molecular formula is C16H12N4O3. The maximum atomic E-state index is 12.4. The number of amides is 2. The van der Waals surface area contributed by atoms with Crippen LogP contribution in [0.25, 0.3) is 10.9 Å². The maximum Gasteiger partial charge on any atom is 0.276 e. The van der Waals surface area contributed by atoms with Gasteiger partial charge < -0.3 is 15.4 Å². The van der Waals surface area contributed by atoms with Gasteiger partial charge in [0, 0.05) is 11.1 Å². The Morgan fingerprint density at radius 3 is 3.00 bits per heavy atom. The number of carbonyl (C=O) groups excluding carboxylic acids is 2. The van der Waals surface area contributed by atoms with E-state index in [-0.39, 0.29) is 18.4 Å². The lowest BCUT2D eigenvalue weighted by Gasteiger charge is -2.18. The second kappa shape index (κ2) is 5.13. The van der Waals surface area contributed by atoms with Crippen LogP contribution in [0.5, 0.6) is 5.75 Å². The molecule has 0 saturated carbocycles. The number of nitrogens with one attached hydrogen (secondary N) is 3. The lowest BCUT2D eigenvalue weighted by atomic mass is 10.2. The highest BCUT2D eigenvalue weighted by atomic mass is 16.5. The Kier molecular flexibility index (Phi) is 2.97. The minimum atomic E-state index is -0.328. The van der Waals surface area contributed by atoms with E-state index < -0.39 is 0 Å². The third-order valence-corrected chi connectivity index (χ3v) is 3.56. The third kappa shape index (κ3) is 2.38. The molecule has 0 fully saturated rings. The van der Waals surface area contributed by atoms with Gasteiger partial charge >= 0.3 is 0 Å². The van der Waals surface area contributed by atoms with Crippen molar-refractivity contribution >= 4 is 34.1 Å². The number of aromatic amines is 1. The first-order chi connectivity index (χ1) is 11.2. The van der Waals surface area contributed by atoms with Crippen molar-refractivity contribution in [1.29, 1.82) is 0 Å². The fraction of sp³-hybridized carbons (Fsp3) is 0.0625. The Bertz CT molecular complexity index is 932. The number of benzene rings is 2. The van der Waals surface area contributed by atoms with E-state index in [1.807, 2.05) is 24.3 Å². The predicted octanol–water partition coefficient (Wildman–Crippen LogP) is 2.15. The highest BCUT2D eigenvalue weighted by Crippen LogP contribution is 2.30. The van der Waals surface area contributed by atoms with E-state index in [0.717, 1.165) is 10.9 Å². The largest absolute Gasteiger partial charge is 0.482 e. The quantitative estimate of drug-likeness (QED) is 0.676. The molecule has 3 N–H and O–H groups in total. The monoisotopic (exact) mass is 308 g/mol. The summed E-state index contributed by atoms with van der Waals surface area (Å²) < 4.78 is 5.28. The molecule has 23 heavy (non-hydrogen) atoms. The molecule has 7 heteroatoms. The van der Waals surface area contributed by atoms with Crippen LogP contribution in [0.15, 0.2) is 42.5 Å². The first kappa shape index (κ1) is 13.3. The minimum Gasteiger partial charge on any atom is -0.482 e. The van der Waals surface area contributed by atoms with Crippen molar-refractivity contribution in [3.63, 3.8) is 0 Å².